The molecule has 0 bridgehead atoms. The van der Waals surface area contributed by atoms with Crippen LogP contribution in [0.25, 0.3) is 0 Å². The maximum absolute atomic E-state index is 11.7. The lowest BCUT2D eigenvalue weighted by Gasteiger charge is -2.15. The quantitative estimate of drug-likeness (QED) is 0.771. The monoisotopic (exact) mass is 333 g/mol. The molecule has 2 aromatic rings. The van der Waals surface area contributed by atoms with Crippen molar-refractivity contribution in [2.75, 3.05) is 19.0 Å². The summed E-state index contributed by atoms with van der Waals surface area (Å²) in [6.45, 7) is 1.53. The molecule has 0 heterocycles. The highest BCUT2D eigenvalue weighted by Gasteiger charge is 2.10. The number of halogens is 1. The molecule has 4 heteroatoms. The van der Waals surface area contributed by atoms with Gasteiger partial charge in [-0.1, -0.05) is 22.0 Å². The van der Waals surface area contributed by atoms with E-state index in [1.165, 1.54) is 6.92 Å². The van der Waals surface area contributed by atoms with Crippen molar-refractivity contribution in [1.29, 1.82) is 0 Å². The molecule has 0 saturated carbocycles. The number of hydrogen-bond donors (Lipinski definition) is 0. The molecular weight excluding hydrogens is 318 g/mol. The van der Waals surface area contributed by atoms with Gasteiger partial charge in [0.25, 0.3) is 0 Å². The van der Waals surface area contributed by atoms with Gasteiger partial charge < -0.3 is 9.64 Å². The number of Topliss-reactive ketones (excluding diaryl/α,β-unsaturated/α-hetero) is 1. The van der Waals surface area contributed by atoms with Crippen LogP contribution < -0.4 is 9.64 Å². The van der Waals surface area contributed by atoms with E-state index in [0.717, 1.165) is 10.2 Å². The highest BCUT2D eigenvalue weighted by molar-refractivity contribution is 9.10. The van der Waals surface area contributed by atoms with Crippen LogP contribution in [-0.2, 0) is 0 Å². The molecule has 0 spiro atoms. The normalized spacial score (nSPS) is 10.2. The van der Waals surface area contributed by atoms with E-state index in [1.54, 1.807) is 12.1 Å². The standard InChI is InChI=1S/C16H16BrNO2/c1-11(19)15-9-12(17)7-8-16(15)20-14-6-4-5-13(10-14)18(2)3/h4-10H,1-3H3. The number of anilines is 1. The second kappa shape index (κ2) is 6.09. The third kappa shape index (κ3) is 3.39. The maximum Gasteiger partial charge on any atom is 0.163 e. The number of ether oxygens (including phenoxy) is 1. The van der Waals surface area contributed by atoms with Crippen LogP contribution >= 0.6 is 15.9 Å². The molecule has 0 unspecified atom stereocenters. The van der Waals surface area contributed by atoms with E-state index in [4.69, 9.17) is 4.74 Å². The molecule has 0 amide bonds. The van der Waals surface area contributed by atoms with Gasteiger partial charge in [-0.25, -0.2) is 0 Å². The number of ketones is 1. The molecule has 2 aromatic carbocycles. The van der Waals surface area contributed by atoms with E-state index < -0.39 is 0 Å². The number of nitrogens with zero attached hydrogens (tertiary/aromatic N) is 1. The number of carbonyl (C=O) groups excluding carboxylic acids is 1. The minimum Gasteiger partial charge on any atom is -0.457 e. The lowest BCUT2D eigenvalue weighted by atomic mass is 10.1. The van der Waals surface area contributed by atoms with Crippen molar-refractivity contribution >= 4 is 27.4 Å². The summed E-state index contributed by atoms with van der Waals surface area (Å²) >= 11 is 3.37. The second-order valence-electron chi connectivity index (χ2n) is 4.69. The van der Waals surface area contributed by atoms with Gasteiger partial charge in [0.2, 0.25) is 0 Å². The molecule has 0 atom stereocenters. The number of carbonyl (C=O) groups is 1. The lowest BCUT2D eigenvalue weighted by molar-refractivity contribution is 0.101. The van der Waals surface area contributed by atoms with E-state index in [-0.39, 0.29) is 5.78 Å². The van der Waals surface area contributed by atoms with Crippen LogP contribution in [-0.4, -0.2) is 19.9 Å². The molecule has 0 N–H and O–H groups in total. The Balaban J connectivity index is 2.35. The molecule has 0 saturated heterocycles. The van der Waals surface area contributed by atoms with Gasteiger partial charge in [-0.2, -0.15) is 0 Å². The van der Waals surface area contributed by atoms with E-state index in [9.17, 15) is 4.79 Å². The minimum atomic E-state index is -0.0231. The Labute approximate surface area is 127 Å². The second-order valence-corrected chi connectivity index (χ2v) is 5.61. The molecule has 0 aliphatic heterocycles. The Morgan fingerprint density at radius 1 is 1.15 bits per heavy atom. The summed E-state index contributed by atoms with van der Waals surface area (Å²) in [6, 6.07) is 13.2. The van der Waals surface area contributed by atoms with Crippen molar-refractivity contribution in [3.05, 3.63) is 52.5 Å². The summed E-state index contributed by atoms with van der Waals surface area (Å²) < 4.78 is 6.71. The first-order valence-electron chi connectivity index (χ1n) is 6.23. The summed E-state index contributed by atoms with van der Waals surface area (Å²) in [4.78, 5) is 13.7. The van der Waals surface area contributed by atoms with Crippen LogP contribution in [0.1, 0.15) is 17.3 Å². The molecule has 3 nitrogen and oxygen atoms in total. The predicted molar refractivity (Wildman–Crippen MR) is 85.0 cm³/mol. The largest absolute Gasteiger partial charge is 0.457 e. The van der Waals surface area contributed by atoms with Gasteiger partial charge in [0, 0.05) is 30.3 Å². The topological polar surface area (TPSA) is 29.5 Å². The first-order valence-corrected chi connectivity index (χ1v) is 7.02. The van der Waals surface area contributed by atoms with Crippen LogP contribution in [0.4, 0.5) is 5.69 Å². The van der Waals surface area contributed by atoms with Crippen molar-refractivity contribution in [2.45, 2.75) is 6.92 Å². The Morgan fingerprint density at radius 3 is 2.55 bits per heavy atom. The molecule has 0 radical (unpaired) electrons. The van der Waals surface area contributed by atoms with Gasteiger partial charge in [-0.3, -0.25) is 4.79 Å². The minimum absolute atomic E-state index is 0.0231. The summed E-state index contributed by atoms with van der Waals surface area (Å²) in [5.74, 6) is 1.25. The molecule has 104 valence electrons. The van der Waals surface area contributed by atoms with Crippen molar-refractivity contribution < 1.29 is 9.53 Å². The van der Waals surface area contributed by atoms with Crippen molar-refractivity contribution in [2.24, 2.45) is 0 Å². The summed E-state index contributed by atoms with van der Waals surface area (Å²) in [7, 11) is 3.94. The van der Waals surface area contributed by atoms with Crippen molar-refractivity contribution in [3.63, 3.8) is 0 Å². The van der Waals surface area contributed by atoms with Crippen LogP contribution in [0.5, 0.6) is 11.5 Å². The molecule has 0 fully saturated rings. The molecule has 20 heavy (non-hydrogen) atoms. The Morgan fingerprint density at radius 2 is 1.90 bits per heavy atom. The Bertz CT molecular complexity index is 638. The van der Waals surface area contributed by atoms with E-state index in [2.05, 4.69) is 15.9 Å². The number of hydrogen-bond acceptors (Lipinski definition) is 3. The smallest absolute Gasteiger partial charge is 0.163 e. The fraction of sp³-hybridized carbons (Fsp3) is 0.188. The fourth-order valence-corrected chi connectivity index (χ4v) is 2.18. The summed E-state index contributed by atoms with van der Waals surface area (Å²) in [6.07, 6.45) is 0. The van der Waals surface area contributed by atoms with E-state index in [1.807, 2.05) is 49.3 Å². The summed E-state index contributed by atoms with van der Waals surface area (Å²) in [5, 5.41) is 0. The van der Waals surface area contributed by atoms with Gasteiger partial charge in [0.1, 0.15) is 11.5 Å². The van der Waals surface area contributed by atoms with Gasteiger partial charge in [0.15, 0.2) is 5.78 Å². The third-order valence-electron chi connectivity index (χ3n) is 2.88. The van der Waals surface area contributed by atoms with Gasteiger partial charge in [-0.05, 0) is 37.3 Å². The first-order chi connectivity index (χ1) is 9.47. The number of rotatable bonds is 4. The molecule has 2 rings (SSSR count). The van der Waals surface area contributed by atoms with Crippen molar-refractivity contribution in [1.82, 2.24) is 0 Å². The van der Waals surface area contributed by atoms with Crippen LogP contribution in [0.2, 0.25) is 0 Å². The fourth-order valence-electron chi connectivity index (χ4n) is 1.82. The lowest BCUT2D eigenvalue weighted by Crippen LogP contribution is -2.08. The SMILES string of the molecule is CC(=O)c1cc(Br)ccc1Oc1cccc(N(C)C)c1. The zero-order valence-corrected chi connectivity index (χ0v) is 13.3. The van der Waals surface area contributed by atoms with Crippen LogP contribution in [0.3, 0.4) is 0 Å². The predicted octanol–water partition coefficient (Wildman–Crippen LogP) is 4.51. The van der Waals surface area contributed by atoms with Gasteiger partial charge in [-0.15, -0.1) is 0 Å². The van der Waals surface area contributed by atoms with Gasteiger partial charge >= 0.3 is 0 Å². The zero-order valence-electron chi connectivity index (χ0n) is 11.7. The Kier molecular flexibility index (Phi) is 4.45. The Hall–Kier alpha value is -1.81. The van der Waals surface area contributed by atoms with Crippen LogP contribution in [0, 0.1) is 0 Å². The molecule has 0 aliphatic rings. The van der Waals surface area contributed by atoms with E-state index >= 15 is 0 Å². The van der Waals surface area contributed by atoms with Crippen LogP contribution in [0.15, 0.2) is 46.9 Å². The molecular formula is C16H16BrNO2. The average molecular weight is 334 g/mol. The van der Waals surface area contributed by atoms with Crippen molar-refractivity contribution in [3.8, 4) is 11.5 Å². The first kappa shape index (κ1) is 14.6. The third-order valence-corrected chi connectivity index (χ3v) is 3.38. The number of benzene rings is 2. The zero-order chi connectivity index (χ0) is 14.7. The highest BCUT2D eigenvalue weighted by Crippen LogP contribution is 2.30. The summed E-state index contributed by atoms with van der Waals surface area (Å²) in [5.41, 5.74) is 1.61. The maximum atomic E-state index is 11.7. The molecule has 0 aliphatic carbocycles. The molecule has 0 aromatic heterocycles. The van der Waals surface area contributed by atoms with E-state index in [0.29, 0.717) is 17.1 Å². The highest BCUT2D eigenvalue weighted by atomic mass is 79.9. The van der Waals surface area contributed by atoms with Gasteiger partial charge in [0.05, 0.1) is 5.56 Å². The average Bonchev–Trinajstić information content (AvgIpc) is 2.41.